The van der Waals surface area contributed by atoms with E-state index < -0.39 is 0 Å². The average molecular weight is 397 g/mol. The van der Waals surface area contributed by atoms with Gasteiger partial charge >= 0.3 is 0 Å². The molecule has 27 heavy (non-hydrogen) atoms. The number of hydrogen-bond donors (Lipinski definition) is 1. The summed E-state index contributed by atoms with van der Waals surface area (Å²) >= 11 is 12.2. The van der Waals surface area contributed by atoms with E-state index in [-0.39, 0.29) is 11.3 Å². The predicted molar refractivity (Wildman–Crippen MR) is 112 cm³/mol. The van der Waals surface area contributed by atoms with Crippen LogP contribution in [0.25, 0.3) is 10.9 Å². The van der Waals surface area contributed by atoms with E-state index in [1.807, 2.05) is 36.4 Å². The molecule has 1 aliphatic rings. The van der Waals surface area contributed by atoms with Crippen LogP contribution < -0.4 is 5.32 Å². The van der Waals surface area contributed by atoms with Crippen LogP contribution in [0.1, 0.15) is 17.2 Å². The molecule has 1 aliphatic heterocycles. The molecule has 4 rings (SSSR count). The highest BCUT2D eigenvalue weighted by Crippen LogP contribution is 2.30. The topological polar surface area (TPSA) is 41.1 Å². The normalized spacial score (nSPS) is 16.1. The van der Waals surface area contributed by atoms with Gasteiger partial charge in [-0.1, -0.05) is 42.0 Å². The minimum atomic E-state index is 0.177. The van der Waals surface area contributed by atoms with Crippen LogP contribution in [0.2, 0.25) is 10.3 Å². The first-order valence-electron chi connectivity index (χ1n) is 8.62. The molecule has 6 heteroatoms. The Labute approximate surface area is 168 Å². The number of nitrogens with one attached hydrogen (secondary N) is 1. The molecule has 1 atom stereocenters. The van der Waals surface area contributed by atoms with E-state index in [9.17, 15) is 0 Å². The molecular weight excluding hydrogens is 379 g/mol. The van der Waals surface area contributed by atoms with Gasteiger partial charge in [0.1, 0.15) is 5.82 Å². The van der Waals surface area contributed by atoms with E-state index in [1.165, 1.54) is 5.56 Å². The maximum Gasteiger partial charge on any atom is 0.224 e. The number of anilines is 1. The van der Waals surface area contributed by atoms with Crippen molar-refractivity contribution in [1.82, 2.24) is 14.9 Å². The molecule has 0 spiro atoms. The van der Waals surface area contributed by atoms with Crippen LogP contribution in [0.4, 0.5) is 5.82 Å². The summed E-state index contributed by atoms with van der Waals surface area (Å²) in [6.07, 6.45) is 8.31. The Morgan fingerprint density at radius 3 is 2.78 bits per heavy atom. The van der Waals surface area contributed by atoms with Crippen LogP contribution in [0.3, 0.4) is 0 Å². The minimum Gasteiger partial charge on any atom is -0.370 e. The quantitative estimate of drug-likeness (QED) is 0.582. The van der Waals surface area contributed by atoms with Crippen molar-refractivity contribution in [1.29, 1.82) is 0 Å². The SMILES string of the molecule is CN1C=CC=CC1c1ccc2nc(Cl)nc(NCc3cccc(Cl)c3)c2c1. The van der Waals surface area contributed by atoms with Crippen molar-refractivity contribution in [2.24, 2.45) is 0 Å². The number of allylic oxidation sites excluding steroid dienone is 2. The highest BCUT2D eigenvalue weighted by molar-refractivity contribution is 6.30. The van der Waals surface area contributed by atoms with Gasteiger partial charge in [-0.25, -0.2) is 9.97 Å². The van der Waals surface area contributed by atoms with Crippen LogP contribution in [-0.2, 0) is 6.54 Å². The van der Waals surface area contributed by atoms with Crippen LogP contribution >= 0.6 is 23.2 Å². The van der Waals surface area contributed by atoms with Crippen molar-refractivity contribution in [3.63, 3.8) is 0 Å². The second kappa shape index (κ2) is 7.59. The van der Waals surface area contributed by atoms with E-state index >= 15 is 0 Å². The number of benzene rings is 2. The monoisotopic (exact) mass is 396 g/mol. The molecule has 0 saturated heterocycles. The van der Waals surface area contributed by atoms with Gasteiger partial charge in [0.25, 0.3) is 0 Å². The van der Waals surface area contributed by atoms with Crippen LogP contribution in [0.5, 0.6) is 0 Å². The van der Waals surface area contributed by atoms with Gasteiger partial charge in [-0.3, -0.25) is 0 Å². The number of nitrogens with zero attached hydrogens (tertiary/aromatic N) is 3. The molecule has 0 bridgehead atoms. The number of halogens is 2. The van der Waals surface area contributed by atoms with Gasteiger partial charge in [0.2, 0.25) is 5.28 Å². The van der Waals surface area contributed by atoms with E-state index in [4.69, 9.17) is 23.2 Å². The summed E-state index contributed by atoms with van der Waals surface area (Å²) in [6, 6.07) is 14.1. The van der Waals surface area contributed by atoms with Gasteiger partial charge in [-0.15, -0.1) is 0 Å². The second-order valence-electron chi connectivity index (χ2n) is 6.44. The molecule has 1 N–H and O–H groups in total. The van der Waals surface area contributed by atoms with Gasteiger partial charge in [0.15, 0.2) is 0 Å². The minimum absolute atomic E-state index is 0.177. The predicted octanol–water partition coefficient (Wildman–Crippen LogP) is 5.61. The first-order chi connectivity index (χ1) is 13.1. The highest BCUT2D eigenvalue weighted by atomic mass is 35.5. The van der Waals surface area contributed by atoms with Crippen molar-refractivity contribution in [3.8, 4) is 0 Å². The highest BCUT2D eigenvalue weighted by Gasteiger charge is 2.15. The van der Waals surface area contributed by atoms with Crippen LogP contribution in [-0.4, -0.2) is 21.9 Å². The van der Waals surface area contributed by atoms with Crippen molar-refractivity contribution in [3.05, 3.63) is 88.3 Å². The number of hydrogen-bond acceptors (Lipinski definition) is 4. The Balaban J connectivity index is 1.69. The van der Waals surface area contributed by atoms with Crippen molar-refractivity contribution in [2.75, 3.05) is 12.4 Å². The molecule has 2 heterocycles. The molecule has 0 aliphatic carbocycles. The fourth-order valence-corrected chi connectivity index (χ4v) is 3.59. The zero-order chi connectivity index (χ0) is 18.8. The maximum atomic E-state index is 6.13. The lowest BCUT2D eigenvalue weighted by atomic mass is 10.0. The largest absolute Gasteiger partial charge is 0.370 e. The smallest absolute Gasteiger partial charge is 0.224 e. The third kappa shape index (κ3) is 3.92. The molecule has 0 radical (unpaired) electrons. The van der Waals surface area contributed by atoms with Crippen molar-refractivity contribution < 1.29 is 0 Å². The molecule has 0 fully saturated rings. The zero-order valence-electron chi connectivity index (χ0n) is 14.7. The van der Waals surface area contributed by atoms with Crippen molar-refractivity contribution >= 4 is 39.9 Å². The van der Waals surface area contributed by atoms with Gasteiger partial charge in [0.05, 0.1) is 11.6 Å². The lowest BCUT2D eigenvalue weighted by Crippen LogP contribution is -2.18. The van der Waals surface area contributed by atoms with Gasteiger partial charge in [-0.2, -0.15) is 0 Å². The Bertz CT molecular complexity index is 1050. The molecular formula is C21H18Cl2N4. The summed E-state index contributed by atoms with van der Waals surface area (Å²) in [5.74, 6) is 0.713. The third-order valence-corrected chi connectivity index (χ3v) is 4.95. The lowest BCUT2D eigenvalue weighted by Gasteiger charge is -2.26. The summed E-state index contributed by atoms with van der Waals surface area (Å²) in [7, 11) is 2.06. The molecule has 0 saturated carbocycles. The van der Waals surface area contributed by atoms with Gasteiger partial charge in [-0.05, 0) is 59.3 Å². The summed E-state index contributed by atoms with van der Waals surface area (Å²) in [4.78, 5) is 10.9. The van der Waals surface area contributed by atoms with Crippen molar-refractivity contribution in [2.45, 2.75) is 12.6 Å². The Kier molecular flexibility index (Phi) is 5.01. The first kappa shape index (κ1) is 17.8. The van der Waals surface area contributed by atoms with E-state index in [1.54, 1.807) is 0 Å². The van der Waals surface area contributed by atoms with Gasteiger partial charge < -0.3 is 10.2 Å². The molecule has 2 aromatic carbocycles. The number of likely N-dealkylation sites (N-methyl/N-ethyl adjacent to an activating group) is 1. The van der Waals surface area contributed by atoms with E-state index in [0.29, 0.717) is 17.4 Å². The molecule has 1 unspecified atom stereocenters. The second-order valence-corrected chi connectivity index (χ2v) is 7.21. The van der Waals surface area contributed by atoms with Crippen LogP contribution in [0.15, 0.2) is 66.9 Å². The molecule has 0 amide bonds. The summed E-state index contributed by atoms with van der Waals surface area (Å²) in [6.45, 7) is 0.596. The van der Waals surface area contributed by atoms with E-state index in [2.05, 4.69) is 57.7 Å². The summed E-state index contributed by atoms with van der Waals surface area (Å²) in [5.41, 5.74) is 3.05. The molecule has 1 aromatic heterocycles. The molecule has 136 valence electrons. The summed E-state index contributed by atoms with van der Waals surface area (Å²) in [5, 5.41) is 5.25. The standard InChI is InChI=1S/C21H18Cl2N4/c1-27-10-3-2-7-19(27)15-8-9-18-17(12-15)20(26-21(23)25-18)24-13-14-5-4-6-16(22)11-14/h2-12,19H,13H2,1H3,(H,24,25,26). The summed E-state index contributed by atoms with van der Waals surface area (Å²) < 4.78 is 0. The van der Waals surface area contributed by atoms with Gasteiger partial charge in [0, 0.05) is 24.0 Å². The lowest BCUT2D eigenvalue weighted by molar-refractivity contribution is 0.390. The Hall–Kier alpha value is -2.56. The molecule has 4 nitrogen and oxygen atoms in total. The number of aromatic nitrogens is 2. The maximum absolute atomic E-state index is 6.13. The Morgan fingerprint density at radius 2 is 1.96 bits per heavy atom. The fourth-order valence-electron chi connectivity index (χ4n) is 3.20. The average Bonchev–Trinajstić information content (AvgIpc) is 2.66. The van der Waals surface area contributed by atoms with Crippen LogP contribution in [0, 0.1) is 0 Å². The number of fused-ring (bicyclic) bond motifs is 1. The number of rotatable bonds is 4. The third-order valence-electron chi connectivity index (χ3n) is 4.55. The zero-order valence-corrected chi connectivity index (χ0v) is 16.2. The fraction of sp³-hybridized carbons (Fsp3) is 0.143. The first-order valence-corrected chi connectivity index (χ1v) is 9.38. The Morgan fingerprint density at radius 1 is 1.07 bits per heavy atom. The molecule has 3 aromatic rings. The van der Waals surface area contributed by atoms with E-state index in [0.717, 1.165) is 16.5 Å².